The Labute approximate surface area is 197 Å². The highest BCUT2D eigenvalue weighted by atomic mass is 16.5. The van der Waals surface area contributed by atoms with E-state index in [2.05, 4.69) is 15.6 Å². The lowest BCUT2D eigenvalue weighted by molar-refractivity contribution is -0.127. The fraction of sp³-hybridized carbons (Fsp3) is 0.280. The quantitative estimate of drug-likeness (QED) is 0.384. The minimum absolute atomic E-state index is 0.101. The summed E-state index contributed by atoms with van der Waals surface area (Å²) in [4.78, 5) is 28.8. The van der Waals surface area contributed by atoms with Crippen molar-refractivity contribution < 1.29 is 18.7 Å². The van der Waals surface area contributed by atoms with Crippen LogP contribution in [-0.4, -0.2) is 47.1 Å². The van der Waals surface area contributed by atoms with Gasteiger partial charge in [-0.2, -0.15) is 0 Å². The molecule has 1 atom stereocenters. The van der Waals surface area contributed by atoms with Crippen LogP contribution in [0.1, 0.15) is 23.1 Å². The van der Waals surface area contributed by atoms with Crippen molar-refractivity contribution >= 4 is 28.5 Å². The first-order valence-electron chi connectivity index (χ1n) is 11.0. The molecular weight excluding hydrogens is 434 g/mol. The van der Waals surface area contributed by atoms with Gasteiger partial charge in [-0.3, -0.25) is 14.5 Å². The molecule has 2 heterocycles. The molecule has 0 fully saturated rings. The van der Waals surface area contributed by atoms with Crippen LogP contribution in [0.2, 0.25) is 0 Å². The summed E-state index contributed by atoms with van der Waals surface area (Å²) in [7, 11) is 1.56. The van der Waals surface area contributed by atoms with E-state index in [1.165, 1.54) is 9.58 Å². The van der Waals surface area contributed by atoms with E-state index in [-0.39, 0.29) is 18.4 Å². The molecule has 0 saturated heterocycles. The van der Waals surface area contributed by atoms with Crippen LogP contribution in [0.4, 0.5) is 5.69 Å². The zero-order valence-corrected chi connectivity index (χ0v) is 19.4. The molecule has 0 aliphatic heterocycles. The smallest absolute Gasteiger partial charge is 0.251 e. The molecular formula is C25H27N5O4. The maximum absolute atomic E-state index is 13.9. The van der Waals surface area contributed by atoms with Crippen LogP contribution < -0.4 is 10.2 Å². The topological polar surface area (TPSA) is 102 Å². The number of aryl methyl sites for hydroxylation is 2. The number of carbonyl (C=O) groups is 2. The average Bonchev–Trinajstić information content (AvgIpc) is 3.44. The van der Waals surface area contributed by atoms with Gasteiger partial charge < -0.3 is 14.5 Å². The number of hydrogen-bond donors (Lipinski definition) is 1. The van der Waals surface area contributed by atoms with Gasteiger partial charge in [-0.05, 0) is 49.7 Å². The van der Waals surface area contributed by atoms with Gasteiger partial charge in [0.2, 0.25) is 5.91 Å². The number of anilines is 1. The predicted octanol–water partition coefficient (Wildman–Crippen LogP) is 3.18. The number of methoxy groups -OCH3 is 1. The highest BCUT2D eigenvalue weighted by molar-refractivity contribution is 6.01. The predicted molar refractivity (Wildman–Crippen MR) is 127 cm³/mol. The van der Waals surface area contributed by atoms with Crippen LogP contribution >= 0.6 is 0 Å². The van der Waals surface area contributed by atoms with Gasteiger partial charge >= 0.3 is 0 Å². The van der Waals surface area contributed by atoms with Crippen LogP contribution in [0.5, 0.6) is 0 Å². The van der Waals surface area contributed by atoms with Crippen molar-refractivity contribution in [1.82, 2.24) is 20.3 Å². The lowest BCUT2D eigenvalue weighted by Crippen LogP contribution is -2.46. The zero-order chi connectivity index (χ0) is 24.1. The maximum atomic E-state index is 13.9. The van der Waals surface area contributed by atoms with Crippen LogP contribution in [0.15, 0.2) is 65.1 Å². The normalized spacial score (nSPS) is 12.0. The van der Waals surface area contributed by atoms with Gasteiger partial charge in [0.05, 0.1) is 12.1 Å². The molecule has 34 heavy (non-hydrogen) atoms. The average molecular weight is 462 g/mol. The van der Waals surface area contributed by atoms with Gasteiger partial charge in [0.1, 0.15) is 23.6 Å². The number of aromatic nitrogens is 3. The van der Waals surface area contributed by atoms with Crippen LogP contribution in [0.3, 0.4) is 0 Å². The van der Waals surface area contributed by atoms with Crippen LogP contribution in [-0.2, 0) is 20.9 Å². The monoisotopic (exact) mass is 461 g/mol. The summed E-state index contributed by atoms with van der Waals surface area (Å²) < 4.78 is 12.5. The number of benzene rings is 2. The molecule has 0 saturated carbocycles. The minimum atomic E-state index is -1.02. The summed E-state index contributed by atoms with van der Waals surface area (Å²) in [5.41, 5.74) is 2.87. The molecule has 1 N–H and O–H groups in total. The van der Waals surface area contributed by atoms with Crippen molar-refractivity contribution in [3.8, 4) is 0 Å². The first-order chi connectivity index (χ1) is 16.5. The van der Waals surface area contributed by atoms with Crippen molar-refractivity contribution in [2.24, 2.45) is 0 Å². The number of nitrogens with one attached hydrogen (secondary N) is 1. The number of hydrogen-bond acceptors (Lipinski definition) is 6. The second-order valence-electron chi connectivity index (χ2n) is 7.92. The third-order valence-electron chi connectivity index (χ3n) is 5.49. The summed E-state index contributed by atoms with van der Waals surface area (Å²) >= 11 is 0. The molecule has 0 aliphatic rings. The molecule has 0 spiro atoms. The summed E-state index contributed by atoms with van der Waals surface area (Å²) in [6.45, 7) is 4.24. The molecule has 2 aromatic heterocycles. The van der Waals surface area contributed by atoms with E-state index in [4.69, 9.17) is 9.15 Å². The van der Waals surface area contributed by atoms with Crippen LogP contribution in [0.25, 0.3) is 11.0 Å². The lowest BCUT2D eigenvalue weighted by atomic mass is 10.1. The molecule has 176 valence electrons. The Morgan fingerprint density at radius 3 is 2.59 bits per heavy atom. The van der Waals surface area contributed by atoms with E-state index in [1.807, 2.05) is 55.5 Å². The molecule has 9 heteroatoms. The largest absolute Gasteiger partial charge is 0.464 e. The summed E-state index contributed by atoms with van der Waals surface area (Å²) in [6, 6.07) is 17.3. The fourth-order valence-corrected chi connectivity index (χ4v) is 3.84. The number of nitrogens with zero attached hydrogens (tertiary/aromatic N) is 4. The Bertz CT molecular complexity index is 1300. The Morgan fingerprint density at radius 1 is 1.09 bits per heavy atom. The van der Waals surface area contributed by atoms with Gasteiger partial charge in [0.15, 0.2) is 6.04 Å². The molecule has 0 unspecified atom stereocenters. The molecule has 0 aliphatic carbocycles. The van der Waals surface area contributed by atoms with Gasteiger partial charge in [-0.15, -0.1) is 5.10 Å². The Hall–Kier alpha value is -3.98. The molecule has 0 radical (unpaired) electrons. The molecule has 2 amide bonds. The van der Waals surface area contributed by atoms with Gasteiger partial charge in [-0.25, -0.2) is 4.68 Å². The van der Waals surface area contributed by atoms with E-state index in [0.29, 0.717) is 35.9 Å². The standard InChI is InChI=1S/C25H27N5O4/c1-17-8-4-6-10-20(17)30(23(31)16-29-21-11-7-5-9-19(21)27-28-29)24(22-13-12-18(2)34-22)25(32)26-14-15-33-3/h4-13,24H,14-16H2,1-3H3,(H,26,32)/t24-/m1/s1. The van der Waals surface area contributed by atoms with E-state index in [0.717, 1.165) is 11.1 Å². The fourth-order valence-electron chi connectivity index (χ4n) is 3.84. The Balaban J connectivity index is 1.77. The highest BCUT2D eigenvalue weighted by Crippen LogP contribution is 2.32. The Kier molecular flexibility index (Phi) is 7.03. The second kappa shape index (κ2) is 10.3. The number of amides is 2. The number of ether oxygens (including phenoxy) is 1. The van der Waals surface area contributed by atoms with E-state index in [9.17, 15) is 9.59 Å². The molecule has 4 aromatic rings. The van der Waals surface area contributed by atoms with E-state index in [1.54, 1.807) is 26.2 Å². The third-order valence-corrected chi connectivity index (χ3v) is 5.49. The minimum Gasteiger partial charge on any atom is -0.464 e. The second-order valence-corrected chi connectivity index (χ2v) is 7.92. The van der Waals surface area contributed by atoms with Crippen molar-refractivity contribution in [1.29, 1.82) is 0 Å². The number of rotatable bonds is 9. The first kappa shape index (κ1) is 23.2. The third kappa shape index (κ3) is 4.84. The maximum Gasteiger partial charge on any atom is 0.251 e. The van der Waals surface area contributed by atoms with E-state index >= 15 is 0 Å². The van der Waals surface area contributed by atoms with Crippen molar-refractivity contribution in [3.63, 3.8) is 0 Å². The SMILES string of the molecule is COCCNC(=O)[C@@H](c1ccc(C)o1)N(C(=O)Cn1nnc2ccccc21)c1ccccc1C. The number of fused-ring (bicyclic) bond motifs is 1. The van der Waals surface area contributed by atoms with Crippen molar-refractivity contribution in [3.05, 3.63) is 77.7 Å². The summed E-state index contributed by atoms with van der Waals surface area (Å²) in [5, 5.41) is 11.1. The number of furan rings is 1. The van der Waals surface area contributed by atoms with E-state index < -0.39 is 6.04 Å². The summed E-state index contributed by atoms with van der Waals surface area (Å²) in [6.07, 6.45) is 0. The van der Waals surface area contributed by atoms with Crippen LogP contribution in [0, 0.1) is 13.8 Å². The lowest BCUT2D eigenvalue weighted by Gasteiger charge is -2.31. The molecule has 2 aromatic carbocycles. The number of carbonyl (C=O) groups excluding carboxylic acids is 2. The van der Waals surface area contributed by atoms with Gasteiger partial charge in [-0.1, -0.05) is 35.5 Å². The van der Waals surface area contributed by atoms with Crippen molar-refractivity contribution in [2.75, 3.05) is 25.2 Å². The first-order valence-corrected chi connectivity index (χ1v) is 11.0. The molecule has 0 bridgehead atoms. The Morgan fingerprint density at radius 2 is 1.85 bits per heavy atom. The molecule has 9 nitrogen and oxygen atoms in total. The molecule has 4 rings (SSSR count). The summed E-state index contributed by atoms with van der Waals surface area (Å²) in [5.74, 6) is 0.314. The van der Waals surface area contributed by atoms with Gasteiger partial charge in [0.25, 0.3) is 5.91 Å². The highest BCUT2D eigenvalue weighted by Gasteiger charge is 2.36. The number of para-hydroxylation sites is 2. The van der Waals surface area contributed by atoms with Gasteiger partial charge in [0, 0.05) is 19.3 Å². The zero-order valence-electron chi connectivity index (χ0n) is 19.4. The van der Waals surface area contributed by atoms with Crippen molar-refractivity contribution in [2.45, 2.75) is 26.4 Å².